The first kappa shape index (κ1) is 19.8. The highest BCUT2D eigenvalue weighted by Crippen LogP contribution is 2.33. The van der Waals surface area contributed by atoms with Gasteiger partial charge >= 0.3 is 0 Å². The lowest BCUT2D eigenvalue weighted by Gasteiger charge is -2.25. The summed E-state index contributed by atoms with van der Waals surface area (Å²) in [4.78, 5) is 3.49. The van der Waals surface area contributed by atoms with Gasteiger partial charge in [0.25, 0.3) is 0 Å². The van der Waals surface area contributed by atoms with E-state index < -0.39 is 6.10 Å². The smallest absolute Gasteiger partial charge is 0.231 e. The Hall–Kier alpha value is -2.54. The van der Waals surface area contributed by atoms with Crippen LogP contribution in [0.4, 0.5) is 0 Å². The van der Waals surface area contributed by atoms with E-state index in [4.69, 9.17) is 14.2 Å². The highest BCUT2D eigenvalue weighted by atomic mass is 32.1. The molecule has 0 radical (unpaired) electrons. The molecule has 0 saturated heterocycles. The molecule has 6 heteroatoms. The lowest BCUT2D eigenvalue weighted by atomic mass is 10.1. The van der Waals surface area contributed by atoms with Crippen LogP contribution in [-0.2, 0) is 13.1 Å². The van der Waals surface area contributed by atoms with Crippen LogP contribution in [0.25, 0.3) is 0 Å². The second kappa shape index (κ2) is 9.31. The molecule has 152 valence electrons. The Bertz CT molecular complexity index is 928. The average molecular weight is 412 g/mol. The molecule has 0 saturated carbocycles. The number of hydrogen-bond donors (Lipinski definition) is 1. The summed E-state index contributed by atoms with van der Waals surface area (Å²) in [5.41, 5.74) is 2.19. The number of aryl methyl sites for hydroxylation is 1. The molecule has 5 nitrogen and oxygen atoms in total. The fraction of sp³-hybridized carbons (Fsp3) is 0.304. The summed E-state index contributed by atoms with van der Waals surface area (Å²) in [6, 6.07) is 18.0. The Morgan fingerprint density at radius 1 is 1.07 bits per heavy atom. The van der Waals surface area contributed by atoms with Crippen LogP contribution in [0.5, 0.6) is 17.2 Å². The van der Waals surface area contributed by atoms with Gasteiger partial charge in [-0.2, -0.15) is 0 Å². The van der Waals surface area contributed by atoms with Crippen molar-refractivity contribution in [1.82, 2.24) is 4.90 Å². The van der Waals surface area contributed by atoms with Gasteiger partial charge < -0.3 is 19.3 Å². The van der Waals surface area contributed by atoms with Crippen molar-refractivity contribution in [3.63, 3.8) is 0 Å². The Morgan fingerprint density at radius 2 is 1.93 bits per heavy atom. The Balaban J connectivity index is 1.40. The Labute approximate surface area is 175 Å². The van der Waals surface area contributed by atoms with Gasteiger partial charge in [0.15, 0.2) is 11.5 Å². The van der Waals surface area contributed by atoms with Crippen LogP contribution < -0.4 is 14.2 Å². The van der Waals surface area contributed by atoms with Gasteiger partial charge in [-0.25, -0.2) is 0 Å². The van der Waals surface area contributed by atoms with Crippen molar-refractivity contribution in [2.45, 2.75) is 26.1 Å². The van der Waals surface area contributed by atoms with Gasteiger partial charge in [-0.15, -0.1) is 11.3 Å². The van der Waals surface area contributed by atoms with Crippen LogP contribution in [-0.4, -0.2) is 36.1 Å². The van der Waals surface area contributed by atoms with Gasteiger partial charge in [0.1, 0.15) is 18.5 Å². The number of nitrogens with zero attached hydrogens (tertiary/aromatic N) is 1. The molecular weight excluding hydrogens is 386 g/mol. The van der Waals surface area contributed by atoms with Gasteiger partial charge in [0.2, 0.25) is 6.79 Å². The van der Waals surface area contributed by atoms with Crippen LogP contribution in [0.3, 0.4) is 0 Å². The molecule has 2 heterocycles. The number of hydrogen-bond acceptors (Lipinski definition) is 6. The van der Waals surface area contributed by atoms with Gasteiger partial charge in [0.05, 0.1) is 0 Å². The highest BCUT2D eigenvalue weighted by Gasteiger charge is 2.18. The molecule has 2 aromatic carbocycles. The second-order valence-corrected chi connectivity index (χ2v) is 8.20. The predicted molar refractivity (Wildman–Crippen MR) is 114 cm³/mol. The zero-order valence-corrected chi connectivity index (χ0v) is 17.2. The molecule has 1 aliphatic heterocycles. The zero-order chi connectivity index (χ0) is 20.1. The molecule has 29 heavy (non-hydrogen) atoms. The third kappa shape index (κ3) is 5.29. The maximum absolute atomic E-state index is 10.6. The van der Waals surface area contributed by atoms with Gasteiger partial charge in [-0.3, -0.25) is 4.90 Å². The fourth-order valence-corrected chi connectivity index (χ4v) is 4.11. The topological polar surface area (TPSA) is 51.2 Å². The average Bonchev–Trinajstić information content (AvgIpc) is 3.38. The number of aliphatic hydroxyl groups excluding tert-OH is 1. The monoisotopic (exact) mass is 411 g/mol. The first-order valence-electron chi connectivity index (χ1n) is 9.67. The number of ether oxygens (including phenoxy) is 3. The number of aliphatic hydroxyl groups is 1. The lowest BCUT2D eigenvalue weighted by Crippen LogP contribution is -2.35. The largest absolute Gasteiger partial charge is 0.491 e. The van der Waals surface area contributed by atoms with Crippen LogP contribution in [0.1, 0.15) is 16.0 Å². The molecule has 1 aromatic heterocycles. The van der Waals surface area contributed by atoms with Gasteiger partial charge in [0, 0.05) is 24.5 Å². The number of para-hydroxylation sites is 1. The molecule has 0 aliphatic carbocycles. The Kier molecular flexibility index (Phi) is 6.34. The number of benzene rings is 2. The maximum atomic E-state index is 10.6. The lowest BCUT2D eigenvalue weighted by molar-refractivity contribution is 0.0629. The molecule has 0 fully saturated rings. The van der Waals surface area contributed by atoms with Crippen LogP contribution in [0.2, 0.25) is 0 Å². The number of rotatable bonds is 9. The van der Waals surface area contributed by atoms with Crippen LogP contribution in [0.15, 0.2) is 60.0 Å². The highest BCUT2D eigenvalue weighted by molar-refractivity contribution is 7.09. The summed E-state index contributed by atoms with van der Waals surface area (Å²) in [7, 11) is 0. The van der Waals surface area contributed by atoms with Crippen molar-refractivity contribution in [2.75, 3.05) is 19.9 Å². The van der Waals surface area contributed by atoms with E-state index in [0.717, 1.165) is 34.9 Å². The van der Waals surface area contributed by atoms with Crippen LogP contribution in [0, 0.1) is 6.92 Å². The second-order valence-electron chi connectivity index (χ2n) is 7.17. The standard InChI is InChI=1S/C23H25NO4S/c1-17-5-2-3-7-21(17)26-15-19(25)13-24(14-20-6-4-10-29-20)12-18-8-9-22-23(11-18)28-16-27-22/h2-11,19,25H,12-16H2,1H3. The van der Waals surface area contributed by atoms with Crippen molar-refractivity contribution in [1.29, 1.82) is 0 Å². The first-order chi connectivity index (χ1) is 14.2. The summed E-state index contributed by atoms with van der Waals surface area (Å²) in [5.74, 6) is 2.37. The quantitative estimate of drug-likeness (QED) is 0.571. The molecule has 4 rings (SSSR count). The SMILES string of the molecule is Cc1ccccc1OCC(O)CN(Cc1ccc2c(c1)OCO2)Cc1cccs1. The first-order valence-corrected chi connectivity index (χ1v) is 10.5. The molecule has 1 atom stereocenters. The Morgan fingerprint density at radius 3 is 2.76 bits per heavy atom. The van der Waals surface area contributed by atoms with E-state index in [1.54, 1.807) is 11.3 Å². The molecule has 3 aromatic rings. The fourth-order valence-electron chi connectivity index (χ4n) is 3.36. The maximum Gasteiger partial charge on any atom is 0.231 e. The summed E-state index contributed by atoms with van der Waals surface area (Å²) >= 11 is 1.72. The van der Waals surface area contributed by atoms with E-state index in [9.17, 15) is 5.11 Å². The van der Waals surface area contributed by atoms with Crippen molar-refractivity contribution in [3.8, 4) is 17.2 Å². The molecule has 1 aliphatic rings. The minimum atomic E-state index is -0.594. The molecule has 1 N–H and O–H groups in total. The van der Waals surface area contributed by atoms with E-state index in [1.165, 1.54) is 4.88 Å². The molecular formula is C23H25NO4S. The molecule has 0 spiro atoms. The number of thiophene rings is 1. The molecule has 0 bridgehead atoms. The van der Waals surface area contributed by atoms with E-state index in [1.807, 2.05) is 49.4 Å². The van der Waals surface area contributed by atoms with Crippen molar-refractivity contribution in [3.05, 3.63) is 76.0 Å². The number of fused-ring (bicyclic) bond motifs is 1. The molecule has 0 amide bonds. The summed E-state index contributed by atoms with van der Waals surface area (Å²) in [6.45, 7) is 4.52. The van der Waals surface area contributed by atoms with E-state index in [2.05, 4.69) is 22.4 Å². The molecule has 1 unspecified atom stereocenters. The predicted octanol–water partition coefficient (Wildman–Crippen LogP) is 4.23. The van der Waals surface area contributed by atoms with E-state index >= 15 is 0 Å². The van der Waals surface area contributed by atoms with Crippen molar-refractivity contribution >= 4 is 11.3 Å². The zero-order valence-electron chi connectivity index (χ0n) is 16.4. The van der Waals surface area contributed by atoms with Gasteiger partial charge in [-0.05, 0) is 47.7 Å². The van der Waals surface area contributed by atoms with Gasteiger partial charge in [-0.1, -0.05) is 30.3 Å². The van der Waals surface area contributed by atoms with Crippen molar-refractivity contribution < 1.29 is 19.3 Å². The minimum Gasteiger partial charge on any atom is -0.491 e. The van der Waals surface area contributed by atoms with Crippen molar-refractivity contribution in [2.24, 2.45) is 0 Å². The summed E-state index contributed by atoms with van der Waals surface area (Å²) < 4.78 is 16.7. The summed E-state index contributed by atoms with van der Waals surface area (Å²) in [6.07, 6.45) is -0.594. The third-order valence-corrected chi connectivity index (χ3v) is 5.66. The minimum absolute atomic E-state index is 0.257. The van der Waals surface area contributed by atoms with E-state index in [-0.39, 0.29) is 13.4 Å². The van der Waals surface area contributed by atoms with Crippen LogP contribution >= 0.6 is 11.3 Å². The summed E-state index contributed by atoms with van der Waals surface area (Å²) in [5, 5.41) is 12.7. The third-order valence-electron chi connectivity index (χ3n) is 4.80. The normalized spacial score (nSPS) is 13.6. The van der Waals surface area contributed by atoms with E-state index in [0.29, 0.717) is 13.1 Å².